The molecule has 1 aliphatic rings. The maximum atomic E-state index is 10.4. The highest BCUT2D eigenvalue weighted by atomic mass is 32.1. The molecular formula is C7H6N2OS. The number of nitrogens with one attached hydrogen (secondary N) is 1. The van der Waals surface area contributed by atoms with E-state index in [1.165, 1.54) is 0 Å². The van der Waals surface area contributed by atoms with Crippen LogP contribution < -0.4 is 5.32 Å². The number of fused-ring (bicyclic) bond motifs is 1. The van der Waals surface area contributed by atoms with Crippen LogP contribution >= 0.6 is 0 Å². The first kappa shape index (κ1) is 6.54. The number of hydrogen-bond acceptors (Lipinski definition) is 2. The molecule has 56 valence electrons. The van der Waals surface area contributed by atoms with E-state index in [-0.39, 0.29) is 0 Å². The first-order chi connectivity index (χ1) is 5.40. The van der Waals surface area contributed by atoms with Gasteiger partial charge in [-0.1, -0.05) is 6.07 Å². The van der Waals surface area contributed by atoms with Gasteiger partial charge in [-0.3, -0.25) is 0 Å². The zero-order valence-electron chi connectivity index (χ0n) is 5.70. The summed E-state index contributed by atoms with van der Waals surface area (Å²) in [7, 11) is 0. The Hall–Kier alpha value is -1.16. The molecule has 2 rings (SSSR count). The first-order valence-corrected chi connectivity index (χ1v) is 4.01. The molecule has 0 radical (unpaired) electrons. The summed E-state index contributed by atoms with van der Waals surface area (Å²) in [5, 5.41) is 2.94. The third-order valence-corrected chi connectivity index (χ3v) is 2.05. The van der Waals surface area contributed by atoms with E-state index in [1.807, 2.05) is 12.1 Å². The summed E-state index contributed by atoms with van der Waals surface area (Å²) in [4.78, 5) is 4.81. The molecule has 0 spiro atoms. The van der Waals surface area contributed by atoms with E-state index in [2.05, 4.69) is 10.3 Å². The van der Waals surface area contributed by atoms with Crippen LogP contribution in [-0.4, -0.2) is 14.2 Å². The molecule has 0 fully saturated rings. The highest BCUT2D eigenvalue weighted by Gasteiger charge is 2.15. The number of hydrogen-bond donors (Lipinski definition) is 1. The lowest BCUT2D eigenvalue weighted by Crippen LogP contribution is -2.04. The van der Waals surface area contributed by atoms with Crippen LogP contribution in [0.2, 0.25) is 0 Å². The summed E-state index contributed by atoms with van der Waals surface area (Å²) in [6.07, 6.45) is 2.42. The van der Waals surface area contributed by atoms with Gasteiger partial charge >= 0.3 is 0 Å². The second-order valence-corrected chi connectivity index (χ2v) is 2.98. The van der Waals surface area contributed by atoms with Crippen molar-refractivity contribution < 1.29 is 4.21 Å². The molecule has 4 heteroatoms. The largest absolute Gasteiger partial charge is 0.332 e. The summed E-state index contributed by atoms with van der Waals surface area (Å²) < 4.78 is 10.4. The van der Waals surface area contributed by atoms with Gasteiger partial charge in [0.05, 0.1) is 0 Å². The average molecular weight is 166 g/mol. The molecule has 11 heavy (non-hydrogen) atoms. The summed E-state index contributed by atoms with van der Waals surface area (Å²) in [5.41, 5.74) is 1.10. The van der Waals surface area contributed by atoms with Crippen LogP contribution in [0.5, 0.6) is 0 Å². The predicted molar refractivity (Wildman–Crippen MR) is 44.7 cm³/mol. The Morgan fingerprint density at radius 3 is 3.27 bits per heavy atom. The van der Waals surface area contributed by atoms with Gasteiger partial charge in [0.2, 0.25) is 0 Å². The van der Waals surface area contributed by atoms with E-state index < -0.39 is 0 Å². The quantitative estimate of drug-likeness (QED) is 0.567. The fourth-order valence-electron chi connectivity index (χ4n) is 1.09. The SMILES string of the molecule is O=S=C1Cc2cccnc2N1. The molecular weight excluding hydrogens is 160 g/mol. The number of nitrogens with zero attached hydrogens (tertiary/aromatic N) is 1. The van der Waals surface area contributed by atoms with Gasteiger partial charge in [0.1, 0.15) is 22.1 Å². The Morgan fingerprint density at radius 2 is 2.55 bits per heavy atom. The second kappa shape index (κ2) is 2.47. The normalized spacial score (nSPS) is 14.0. The fourth-order valence-corrected chi connectivity index (χ4v) is 1.45. The van der Waals surface area contributed by atoms with Crippen LogP contribution in [0, 0.1) is 0 Å². The maximum Gasteiger partial charge on any atom is 0.134 e. The van der Waals surface area contributed by atoms with Crippen LogP contribution in [0.15, 0.2) is 18.3 Å². The molecule has 0 amide bonds. The molecule has 1 aromatic rings. The van der Waals surface area contributed by atoms with Gasteiger partial charge in [0, 0.05) is 18.2 Å². The topological polar surface area (TPSA) is 42.0 Å². The van der Waals surface area contributed by atoms with E-state index >= 15 is 0 Å². The molecule has 0 saturated carbocycles. The van der Waals surface area contributed by atoms with E-state index in [0.29, 0.717) is 17.7 Å². The number of anilines is 1. The first-order valence-electron chi connectivity index (χ1n) is 3.27. The average Bonchev–Trinajstić information content (AvgIpc) is 2.46. The Labute approximate surface area is 67.5 Å². The van der Waals surface area contributed by atoms with Crippen LogP contribution in [0.1, 0.15) is 5.56 Å². The van der Waals surface area contributed by atoms with Gasteiger partial charge < -0.3 is 5.32 Å². The van der Waals surface area contributed by atoms with Gasteiger partial charge in [0.25, 0.3) is 0 Å². The number of pyridine rings is 1. The Bertz CT molecular complexity index is 317. The van der Waals surface area contributed by atoms with Crippen molar-refractivity contribution in [2.24, 2.45) is 0 Å². The molecule has 1 N–H and O–H groups in total. The summed E-state index contributed by atoms with van der Waals surface area (Å²) in [6, 6.07) is 3.84. The van der Waals surface area contributed by atoms with Gasteiger partial charge in [0.15, 0.2) is 0 Å². The molecule has 1 aromatic heterocycles. The fraction of sp³-hybridized carbons (Fsp3) is 0.143. The third-order valence-electron chi connectivity index (χ3n) is 1.60. The second-order valence-electron chi connectivity index (χ2n) is 2.32. The maximum absolute atomic E-state index is 10.4. The molecule has 3 nitrogen and oxygen atoms in total. The van der Waals surface area contributed by atoms with Crippen LogP contribution in [0.25, 0.3) is 0 Å². The molecule has 0 unspecified atom stereocenters. The highest BCUT2D eigenvalue weighted by Crippen LogP contribution is 2.18. The molecule has 0 aliphatic carbocycles. The summed E-state index contributed by atoms with van der Waals surface area (Å²) in [6.45, 7) is 0. The van der Waals surface area contributed by atoms with Gasteiger partial charge in [-0.2, -0.15) is 0 Å². The monoisotopic (exact) mass is 166 g/mol. The Morgan fingerprint density at radius 1 is 1.64 bits per heavy atom. The molecule has 0 saturated heterocycles. The summed E-state index contributed by atoms with van der Waals surface area (Å²) >= 11 is 0.505. The minimum atomic E-state index is 0.505. The Kier molecular flexibility index (Phi) is 1.47. The molecule has 0 bridgehead atoms. The molecule has 2 heterocycles. The minimum Gasteiger partial charge on any atom is -0.332 e. The van der Waals surface area contributed by atoms with Crippen molar-refractivity contribution in [2.45, 2.75) is 6.42 Å². The van der Waals surface area contributed by atoms with Crippen molar-refractivity contribution in [3.8, 4) is 0 Å². The van der Waals surface area contributed by atoms with Crippen molar-refractivity contribution >= 4 is 22.1 Å². The van der Waals surface area contributed by atoms with Gasteiger partial charge in [-0.25, -0.2) is 9.19 Å². The van der Waals surface area contributed by atoms with Gasteiger partial charge in [-0.05, 0) is 6.07 Å². The van der Waals surface area contributed by atoms with Crippen LogP contribution in [0.4, 0.5) is 5.82 Å². The van der Waals surface area contributed by atoms with Crippen molar-refractivity contribution in [3.05, 3.63) is 23.9 Å². The van der Waals surface area contributed by atoms with E-state index in [0.717, 1.165) is 16.4 Å². The zero-order chi connectivity index (χ0) is 7.68. The molecule has 0 atom stereocenters. The van der Waals surface area contributed by atoms with Gasteiger partial charge in [-0.15, -0.1) is 0 Å². The Balaban J connectivity index is 2.48. The number of aromatic nitrogens is 1. The third kappa shape index (κ3) is 1.05. The highest BCUT2D eigenvalue weighted by molar-refractivity contribution is 7.66. The molecule has 0 aromatic carbocycles. The lowest BCUT2D eigenvalue weighted by molar-refractivity contribution is 0.701. The molecule has 1 aliphatic heterocycles. The van der Waals surface area contributed by atoms with Crippen molar-refractivity contribution in [1.29, 1.82) is 0 Å². The van der Waals surface area contributed by atoms with Crippen LogP contribution in [-0.2, 0) is 17.7 Å². The van der Waals surface area contributed by atoms with E-state index in [4.69, 9.17) is 0 Å². The van der Waals surface area contributed by atoms with E-state index in [9.17, 15) is 4.21 Å². The predicted octanol–water partition coefficient (Wildman–Crippen LogP) is 0.392. The van der Waals surface area contributed by atoms with Crippen molar-refractivity contribution in [3.63, 3.8) is 0 Å². The zero-order valence-corrected chi connectivity index (χ0v) is 6.52. The van der Waals surface area contributed by atoms with Crippen molar-refractivity contribution in [1.82, 2.24) is 4.98 Å². The lowest BCUT2D eigenvalue weighted by atomic mass is 10.2. The smallest absolute Gasteiger partial charge is 0.134 e. The minimum absolute atomic E-state index is 0.505. The number of rotatable bonds is 0. The lowest BCUT2D eigenvalue weighted by Gasteiger charge is -1.92. The summed E-state index contributed by atoms with van der Waals surface area (Å²) in [5.74, 6) is 0.825. The van der Waals surface area contributed by atoms with E-state index in [1.54, 1.807) is 6.20 Å². The van der Waals surface area contributed by atoms with Crippen LogP contribution in [0.3, 0.4) is 0 Å². The van der Waals surface area contributed by atoms with Crippen molar-refractivity contribution in [2.75, 3.05) is 5.32 Å². The standard InChI is InChI=1S/C7H6N2OS/c10-11-6-4-5-2-1-3-8-7(5)9-6/h1-3H,4H2,(H,8,9).